The first-order chi connectivity index (χ1) is 12.2. The third-order valence-electron chi connectivity index (χ3n) is 3.22. The van der Waals surface area contributed by atoms with Gasteiger partial charge in [0.1, 0.15) is 0 Å². The number of esters is 1. The van der Waals surface area contributed by atoms with Crippen LogP contribution in [-0.2, 0) is 9.53 Å². The fourth-order valence-electron chi connectivity index (χ4n) is 1.88. The zero-order valence-electron chi connectivity index (χ0n) is 13.2. The maximum Gasteiger partial charge on any atom is 0.338 e. The van der Waals surface area contributed by atoms with E-state index >= 15 is 0 Å². The molecule has 0 unspecified atom stereocenters. The standard InChI is InChI=1S/C16H11Cl2FN2O5/c1-8(26-16(23)9-2-4-11(17)12(18)6-9)15(22)20-10-3-5-13(19)14(7-10)21(24)25/h2-8H,1H3,(H,20,22)/t8-/m0/s1. The summed E-state index contributed by atoms with van der Waals surface area (Å²) in [7, 11) is 0. The minimum atomic E-state index is -1.22. The number of amides is 1. The van der Waals surface area contributed by atoms with E-state index in [0.29, 0.717) is 0 Å². The van der Waals surface area contributed by atoms with Crippen LogP contribution in [0.2, 0.25) is 10.0 Å². The number of nitro benzene ring substituents is 1. The number of hydrogen-bond donors (Lipinski definition) is 1. The summed E-state index contributed by atoms with van der Waals surface area (Å²) in [6, 6.07) is 6.93. The van der Waals surface area contributed by atoms with E-state index in [0.717, 1.165) is 18.2 Å². The van der Waals surface area contributed by atoms with E-state index in [-0.39, 0.29) is 21.3 Å². The van der Waals surface area contributed by atoms with Crippen molar-refractivity contribution in [2.75, 3.05) is 5.32 Å². The van der Waals surface area contributed by atoms with E-state index in [1.165, 1.54) is 25.1 Å². The summed E-state index contributed by atoms with van der Waals surface area (Å²) in [5.41, 5.74) is -0.708. The van der Waals surface area contributed by atoms with Crippen molar-refractivity contribution in [2.24, 2.45) is 0 Å². The molecule has 0 aliphatic carbocycles. The summed E-state index contributed by atoms with van der Waals surface area (Å²) in [4.78, 5) is 33.9. The molecule has 26 heavy (non-hydrogen) atoms. The van der Waals surface area contributed by atoms with Crippen LogP contribution in [-0.4, -0.2) is 22.9 Å². The van der Waals surface area contributed by atoms with Crippen LogP contribution in [0.3, 0.4) is 0 Å². The summed E-state index contributed by atoms with van der Waals surface area (Å²) in [6.45, 7) is 1.31. The zero-order chi connectivity index (χ0) is 19.4. The molecule has 0 heterocycles. The number of nitro groups is 1. The number of anilines is 1. The number of rotatable bonds is 5. The molecule has 0 spiro atoms. The largest absolute Gasteiger partial charge is 0.449 e. The lowest BCUT2D eigenvalue weighted by molar-refractivity contribution is -0.387. The molecule has 2 rings (SSSR count). The number of halogens is 3. The second kappa shape index (κ2) is 8.11. The average Bonchev–Trinajstić information content (AvgIpc) is 2.58. The number of hydrogen-bond acceptors (Lipinski definition) is 5. The molecule has 0 aromatic heterocycles. The van der Waals surface area contributed by atoms with Crippen LogP contribution >= 0.6 is 23.2 Å². The SMILES string of the molecule is C[C@H](OC(=O)c1ccc(Cl)c(Cl)c1)C(=O)Nc1ccc(F)c([N+](=O)[O-])c1. The van der Waals surface area contributed by atoms with Gasteiger partial charge < -0.3 is 10.1 Å². The first-order valence-corrected chi connectivity index (χ1v) is 7.85. The fourth-order valence-corrected chi connectivity index (χ4v) is 2.18. The van der Waals surface area contributed by atoms with Crippen LogP contribution in [0.1, 0.15) is 17.3 Å². The first kappa shape index (κ1) is 19.6. The van der Waals surface area contributed by atoms with Gasteiger partial charge in [0.15, 0.2) is 6.10 Å². The normalized spacial score (nSPS) is 11.5. The summed E-state index contributed by atoms with van der Waals surface area (Å²) in [6.07, 6.45) is -1.22. The second-order valence-electron chi connectivity index (χ2n) is 5.09. The third-order valence-corrected chi connectivity index (χ3v) is 3.96. The zero-order valence-corrected chi connectivity index (χ0v) is 14.7. The van der Waals surface area contributed by atoms with Crippen molar-refractivity contribution >= 4 is 46.5 Å². The maximum absolute atomic E-state index is 13.3. The predicted octanol–water partition coefficient (Wildman–Crippen LogP) is 4.22. The van der Waals surface area contributed by atoms with Gasteiger partial charge in [-0.15, -0.1) is 0 Å². The molecule has 0 bridgehead atoms. The van der Waals surface area contributed by atoms with Gasteiger partial charge in [-0.05, 0) is 37.3 Å². The van der Waals surface area contributed by atoms with Gasteiger partial charge in [0.25, 0.3) is 5.91 Å². The maximum atomic E-state index is 13.3. The Morgan fingerprint density at radius 3 is 2.50 bits per heavy atom. The van der Waals surface area contributed by atoms with E-state index in [2.05, 4.69) is 5.32 Å². The minimum absolute atomic E-state index is 0.0134. The highest BCUT2D eigenvalue weighted by Crippen LogP contribution is 2.24. The van der Waals surface area contributed by atoms with Crippen molar-refractivity contribution in [3.05, 3.63) is 67.9 Å². The van der Waals surface area contributed by atoms with Gasteiger partial charge in [0.05, 0.1) is 20.5 Å². The lowest BCUT2D eigenvalue weighted by Crippen LogP contribution is -2.30. The van der Waals surface area contributed by atoms with Crippen LogP contribution in [0.5, 0.6) is 0 Å². The molecule has 0 saturated carbocycles. The molecule has 10 heteroatoms. The van der Waals surface area contributed by atoms with Crippen molar-refractivity contribution in [2.45, 2.75) is 13.0 Å². The summed E-state index contributed by atoms with van der Waals surface area (Å²) >= 11 is 11.6. The Morgan fingerprint density at radius 1 is 1.19 bits per heavy atom. The molecule has 1 amide bonds. The van der Waals surface area contributed by atoms with Crippen LogP contribution in [0, 0.1) is 15.9 Å². The van der Waals surface area contributed by atoms with E-state index < -0.39 is 34.4 Å². The Kier molecular flexibility index (Phi) is 6.12. The van der Waals surface area contributed by atoms with Gasteiger partial charge in [-0.25, -0.2) is 4.79 Å². The molecule has 0 aliphatic heterocycles. The fraction of sp³-hybridized carbons (Fsp3) is 0.125. The predicted molar refractivity (Wildman–Crippen MR) is 93.0 cm³/mol. The van der Waals surface area contributed by atoms with E-state index in [9.17, 15) is 24.1 Å². The second-order valence-corrected chi connectivity index (χ2v) is 5.90. The van der Waals surface area contributed by atoms with Crippen LogP contribution in [0.25, 0.3) is 0 Å². The number of carbonyl (C=O) groups is 2. The molecule has 0 aliphatic rings. The van der Waals surface area contributed by atoms with Gasteiger partial charge in [0, 0.05) is 11.8 Å². The van der Waals surface area contributed by atoms with Crippen LogP contribution in [0.15, 0.2) is 36.4 Å². The smallest absolute Gasteiger partial charge is 0.338 e. The minimum Gasteiger partial charge on any atom is -0.449 e. The lowest BCUT2D eigenvalue weighted by atomic mass is 10.2. The molecular formula is C16H11Cl2FN2O5. The molecule has 7 nitrogen and oxygen atoms in total. The van der Waals surface area contributed by atoms with E-state index in [4.69, 9.17) is 27.9 Å². The molecule has 1 N–H and O–H groups in total. The lowest BCUT2D eigenvalue weighted by Gasteiger charge is -2.14. The Morgan fingerprint density at radius 2 is 1.88 bits per heavy atom. The Hall–Kier alpha value is -2.71. The van der Waals surface area contributed by atoms with Crippen LogP contribution in [0.4, 0.5) is 15.8 Å². The monoisotopic (exact) mass is 400 g/mol. The summed E-state index contributed by atoms with van der Waals surface area (Å²) in [5, 5.41) is 13.4. The highest BCUT2D eigenvalue weighted by atomic mass is 35.5. The molecule has 2 aromatic carbocycles. The molecular weight excluding hydrogens is 390 g/mol. The quantitative estimate of drug-likeness (QED) is 0.460. The van der Waals surface area contributed by atoms with Gasteiger partial charge in [0.2, 0.25) is 5.82 Å². The average molecular weight is 401 g/mol. The number of ether oxygens (including phenoxy) is 1. The van der Waals surface area contributed by atoms with Gasteiger partial charge >= 0.3 is 11.7 Å². The Balaban J connectivity index is 2.05. The van der Waals surface area contributed by atoms with Crippen molar-refractivity contribution in [1.29, 1.82) is 0 Å². The molecule has 0 saturated heterocycles. The highest BCUT2D eigenvalue weighted by molar-refractivity contribution is 6.42. The molecule has 0 fully saturated rings. The Labute approximate surface area is 156 Å². The molecule has 136 valence electrons. The first-order valence-electron chi connectivity index (χ1n) is 7.10. The van der Waals surface area contributed by atoms with Crippen molar-refractivity contribution in [3.8, 4) is 0 Å². The van der Waals surface area contributed by atoms with Crippen molar-refractivity contribution in [3.63, 3.8) is 0 Å². The summed E-state index contributed by atoms with van der Waals surface area (Å²) < 4.78 is 18.3. The summed E-state index contributed by atoms with van der Waals surface area (Å²) in [5.74, 6) is -2.59. The highest BCUT2D eigenvalue weighted by Gasteiger charge is 2.21. The number of benzene rings is 2. The van der Waals surface area contributed by atoms with Gasteiger partial charge in [-0.2, -0.15) is 4.39 Å². The molecule has 1 atom stereocenters. The van der Waals surface area contributed by atoms with Crippen molar-refractivity contribution < 1.29 is 23.6 Å². The molecule has 2 aromatic rings. The van der Waals surface area contributed by atoms with Crippen molar-refractivity contribution in [1.82, 2.24) is 0 Å². The number of carbonyl (C=O) groups excluding carboxylic acids is 2. The Bertz CT molecular complexity index is 891. The number of nitrogens with zero attached hydrogens (tertiary/aromatic N) is 1. The topological polar surface area (TPSA) is 98.5 Å². The van der Waals surface area contributed by atoms with Gasteiger partial charge in [-0.3, -0.25) is 14.9 Å². The van der Waals surface area contributed by atoms with E-state index in [1.54, 1.807) is 0 Å². The van der Waals surface area contributed by atoms with E-state index in [1.807, 2.05) is 0 Å². The molecule has 0 radical (unpaired) electrons. The third kappa shape index (κ3) is 4.68. The number of nitrogens with one attached hydrogen (secondary N) is 1. The van der Waals surface area contributed by atoms with Crippen LogP contribution < -0.4 is 5.32 Å². The van der Waals surface area contributed by atoms with Gasteiger partial charge in [-0.1, -0.05) is 23.2 Å².